The van der Waals surface area contributed by atoms with Crippen molar-refractivity contribution in [3.8, 4) is 11.3 Å². The molecule has 0 saturated carbocycles. The fraction of sp³-hybridized carbons (Fsp3) is 0.250. The number of hydrogen-bond donors (Lipinski definition) is 0. The lowest BCUT2D eigenvalue weighted by Crippen LogP contribution is -1.98. The number of allylic oxidation sites excluding steroid dienone is 1. The summed E-state index contributed by atoms with van der Waals surface area (Å²) in [6, 6.07) is 10.7. The van der Waals surface area contributed by atoms with E-state index in [9.17, 15) is 0 Å². The molecule has 2 nitrogen and oxygen atoms in total. The van der Waals surface area contributed by atoms with Crippen molar-refractivity contribution in [3.05, 3.63) is 53.7 Å². The summed E-state index contributed by atoms with van der Waals surface area (Å²) in [7, 11) is 0. The van der Waals surface area contributed by atoms with E-state index in [2.05, 4.69) is 47.1 Å². The summed E-state index contributed by atoms with van der Waals surface area (Å²) in [6.07, 6.45) is 3.36. The third-order valence-electron chi connectivity index (χ3n) is 3.47. The normalized spacial score (nSPS) is 13.4. The van der Waals surface area contributed by atoms with Gasteiger partial charge in [0.1, 0.15) is 0 Å². The van der Waals surface area contributed by atoms with Crippen LogP contribution in [0.15, 0.2) is 36.9 Å². The Morgan fingerprint density at radius 3 is 2.72 bits per heavy atom. The van der Waals surface area contributed by atoms with Gasteiger partial charge in [-0.05, 0) is 49.0 Å². The van der Waals surface area contributed by atoms with Gasteiger partial charge in [-0.1, -0.05) is 30.8 Å². The molecule has 0 fully saturated rings. The average Bonchev–Trinajstić information content (AvgIpc) is 2.57. The zero-order valence-electron chi connectivity index (χ0n) is 10.6. The van der Waals surface area contributed by atoms with Gasteiger partial charge in [0.15, 0.2) is 0 Å². The molecule has 3 rings (SSSR count). The molecule has 0 aliphatic heterocycles. The molecule has 0 amide bonds. The minimum absolute atomic E-state index is 0.910. The van der Waals surface area contributed by atoms with Crippen molar-refractivity contribution in [2.24, 2.45) is 0 Å². The van der Waals surface area contributed by atoms with Crippen molar-refractivity contribution in [2.75, 3.05) is 0 Å². The number of rotatable bonds is 1. The first-order valence-corrected chi connectivity index (χ1v) is 6.36. The number of benzene rings is 1. The molecule has 0 N–H and O–H groups in total. The van der Waals surface area contributed by atoms with Crippen LogP contribution in [-0.4, -0.2) is 10.2 Å². The molecular formula is C16H16N2. The lowest BCUT2D eigenvalue weighted by Gasteiger charge is -2.08. The summed E-state index contributed by atoms with van der Waals surface area (Å²) in [5, 5.41) is 8.71. The maximum absolute atomic E-state index is 4.43. The van der Waals surface area contributed by atoms with E-state index in [1.165, 1.54) is 23.1 Å². The van der Waals surface area contributed by atoms with Crippen molar-refractivity contribution in [1.82, 2.24) is 10.2 Å². The van der Waals surface area contributed by atoms with Gasteiger partial charge in [-0.15, -0.1) is 5.10 Å². The topological polar surface area (TPSA) is 25.8 Å². The summed E-state index contributed by atoms with van der Waals surface area (Å²) < 4.78 is 0. The highest BCUT2D eigenvalue weighted by Crippen LogP contribution is 2.31. The van der Waals surface area contributed by atoms with Gasteiger partial charge >= 0.3 is 0 Å². The molecule has 18 heavy (non-hydrogen) atoms. The molecule has 90 valence electrons. The van der Waals surface area contributed by atoms with E-state index in [0.29, 0.717) is 0 Å². The Morgan fingerprint density at radius 2 is 1.89 bits per heavy atom. The first kappa shape index (κ1) is 11.1. The van der Waals surface area contributed by atoms with Crippen molar-refractivity contribution in [3.63, 3.8) is 0 Å². The zero-order valence-corrected chi connectivity index (χ0v) is 10.6. The molecule has 1 aliphatic carbocycles. The summed E-state index contributed by atoms with van der Waals surface area (Å²) >= 11 is 0. The van der Waals surface area contributed by atoms with E-state index >= 15 is 0 Å². The average molecular weight is 236 g/mol. The Hall–Kier alpha value is -1.96. The summed E-state index contributed by atoms with van der Waals surface area (Å²) in [4.78, 5) is 0. The molecule has 1 aromatic heterocycles. The highest BCUT2D eigenvalue weighted by molar-refractivity contribution is 5.69. The van der Waals surface area contributed by atoms with E-state index in [0.717, 1.165) is 29.8 Å². The maximum atomic E-state index is 4.43. The van der Waals surface area contributed by atoms with E-state index in [1.807, 2.05) is 6.92 Å². The maximum Gasteiger partial charge on any atom is 0.0964 e. The van der Waals surface area contributed by atoms with Gasteiger partial charge in [0.05, 0.1) is 11.4 Å². The number of fused-ring (bicyclic) bond motifs is 3. The van der Waals surface area contributed by atoms with Crippen molar-refractivity contribution >= 4 is 5.57 Å². The number of aryl methyl sites for hydroxylation is 2. The van der Waals surface area contributed by atoms with Gasteiger partial charge in [-0.3, -0.25) is 0 Å². The van der Waals surface area contributed by atoms with Crippen LogP contribution in [0.3, 0.4) is 0 Å². The molecule has 2 aromatic rings. The third kappa shape index (κ3) is 1.84. The van der Waals surface area contributed by atoms with Crippen molar-refractivity contribution in [1.29, 1.82) is 0 Å². The molecule has 0 saturated heterocycles. The van der Waals surface area contributed by atoms with Crippen LogP contribution >= 0.6 is 0 Å². The van der Waals surface area contributed by atoms with Crippen molar-refractivity contribution in [2.45, 2.75) is 26.2 Å². The molecule has 1 aliphatic rings. The lowest BCUT2D eigenvalue weighted by atomic mass is 10.0. The summed E-state index contributed by atoms with van der Waals surface area (Å²) in [6.45, 7) is 5.91. The fourth-order valence-corrected chi connectivity index (χ4v) is 2.49. The largest absolute Gasteiger partial charge is 0.150 e. The molecular weight excluding hydrogens is 220 g/mol. The molecule has 0 bridgehead atoms. The highest BCUT2D eigenvalue weighted by atomic mass is 15.1. The van der Waals surface area contributed by atoms with Gasteiger partial charge in [-0.25, -0.2) is 0 Å². The van der Waals surface area contributed by atoms with Crippen LogP contribution in [0.1, 0.15) is 30.2 Å². The van der Waals surface area contributed by atoms with Crippen LogP contribution < -0.4 is 0 Å². The third-order valence-corrected chi connectivity index (χ3v) is 3.47. The standard InChI is InChI=1S/C16H16N2/c1-11(2)15-10-13-8-5-7-12-6-3-4-9-14(12)16(13)18-17-15/h3-4,6,9-10H,1,5,7-8H2,2H3. The quantitative estimate of drug-likeness (QED) is 0.755. The molecule has 0 spiro atoms. The first-order valence-electron chi connectivity index (χ1n) is 6.36. The highest BCUT2D eigenvalue weighted by Gasteiger charge is 2.16. The Kier molecular flexibility index (Phi) is 2.71. The molecule has 0 atom stereocenters. The van der Waals surface area contributed by atoms with Crippen LogP contribution in [0.25, 0.3) is 16.8 Å². The predicted octanol–water partition coefficient (Wildman–Crippen LogP) is 3.67. The lowest BCUT2D eigenvalue weighted by molar-refractivity contribution is 0.828. The minimum Gasteiger partial charge on any atom is -0.150 e. The Bertz CT molecular complexity index is 614. The Labute approximate surface area is 107 Å². The SMILES string of the molecule is C=C(C)c1cc2c(nn1)-c1ccccc1CCC2. The van der Waals surface area contributed by atoms with Crippen molar-refractivity contribution < 1.29 is 0 Å². The second kappa shape index (κ2) is 4.37. The Balaban J connectivity index is 2.19. The summed E-state index contributed by atoms with van der Waals surface area (Å²) in [5.74, 6) is 0. The van der Waals surface area contributed by atoms with Crippen LogP contribution in [-0.2, 0) is 12.8 Å². The van der Waals surface area contributed by atoms with Gasteiger partial charge in [0.2, 0.25) is 0 Å². The first-order chi connectivity index (χ1) is 8.75. The van der Waals surface area contributed by atoms with Gasteiger partial charge in [0.25, 0.3) is 0 Å². The number of nitrogens with zero attached hydrogens (tertiary/aromatic N) is 2. The monoisotopic (exact) mass is 236 g/mol. The summed E-state index contributed by atoms with van der Waals surface area (Å²) in [5.41, 5.74) is 6.86. The van der Waals surface area contributed by atoms with E-state index in [4.69, 9.17) is 0 Å². The molecule has 2 heteroatoms. The zero-order chi connectivity index (χ0) is 12.5. The van der Waals surface area contributed by atoms with Crippen LogP contribution in [0.2, 0.25) is 0 Å². The van der Waals surface area contributed by atoms with Crippen LogP contribution in [0.4, 0.5) is 0 Å². The number of aromatic nitrogens is 2. The molecule has 1 heterocycles. The van der Waals surface area contributed by atoms with E-state index in [1.54, 1.807) is 0 Å². The second-order valence-corrected chi connectivity index (χ2v) is 4.89. The van der Waals surface area contributed by atoms with Gasteiger partial charge < -0.3 is 0 Å². The number of hydrogen-bond acceptors (Lipinski definition) is 2. The van der Waals surface area contributed by atoms with Gasteiger partial charge in [-0.2, -0.15) is 5.10 Å². The van der Waals surface area contributed by atoms with Crippen LogP contribution in [0, 0.1) is 0 Å². The second-order valence-electron chi connectivity index (χ2n) is 4.89. The predicted molar refractivity (Wildman–Crippen MR) is 74.2 cm³/mol. The Morgan fingerprint density at radius 1 is 1.11 bits per heavy atom. The van der Waals surface area contributed by atoms with Crippen LogP contribution in [0.5, 0.6) is 0 Å². The fourth-order valence-electron chi connectivity index (χ4n) is 2.49. The minimum atomic E-state index is 0.910. The molecule has 1 aromatic carbocycles. The smallest absolute Gasteiger partial charge is 0.0964 e. The van der Waals surface area contributed by atoms with Gasteiger partial charge in [0, 0.05) is 5.56 Å². The molecule has 0 unspecified atom stereocenters. The molecule has 0 radical (unpaired) electrons. The van der Waals surface area contributed by atoms with E-state index in [-0.39, 0.29) is 0 Å². The van der Waals surface area contributed by atoms with E-state index < -0.39 is 0 Å².